The van der Waals surface area contributed by atoms with Crippen molar-refractivity contribution in [1.82, 2.24) is 4.57 Å². The molecule has 0 saturated heterocycles. The van der Waals surface area contributed by atoms with Crippen LogP contribution in [0, 0.1) is 0 Å². The molecule has 0 fully saturated rings. The molecule has 0 unspecified atom stereocenters. The van der Waals surface area contributed by atoms with E-state index in [4.69, 9.17) is 5.11 Å². The van der Waals surface area contributed by atoms with Crippen molar-refractivity contribution in [3.63, 3.8) is 0 Å². The molecule has 2 rings (SSSR count). The lowest BCUT2D eigenvalue weighted by atomic mass is 10.1. The van der Waals surface area contributed by atoms with Crippen molar-refractivity contribution >= 4 is 16.9 Å². The number of aryl methyl sites for hydroxylation is 2. The molecule has 19 heavy (non-hydrogen) atoms. The van der Waals surface area contributed by atoms with Crippen LogP contribution in [0.3, 0.4) is 0 Å². The molecule has 2 aromatic rings. The fourth-order valence-electron chi connectivity index (χ4n) is 2.37. The first-order valence-corrected chi connectivity index (χ1v) is 6.62. The molecule has 0 saturated carbocycles. The number of rotatable bonds is 7. The van der Waals surface area contributed by atoms with E-state index in [0.717, 1.165) is 19.4 Å². The van der Waals surface area contributed by atoms with Gasteiger partial charge in [0.1, 0.15) is 0 Å². The second-order valence-corrected chi connectivity index (χ2v) is 4.69. The Morgan fingerprint density at radius 1 is 1.37 bits per heavy atom. The highest BCUT2D eigenvalue weighted by atomic mass is 16.4. The number of carboxylic acid groups (broad SMARTS) is 1. The molecule has 0 aliphatic carbocycles. The fraction of sp³-hybridized carbons (Fsp3) is 0.312. The molecule has 1 aromatic heterocycles. The molecule has 0 aliphatic heterocycles. The Morgan fingerprint density at radius 3 is 2.89 bits per heavy atom. The maximum atomic E-state index is 10.6. The second-order valence-electron chi connectivity index (χ2n) is 4.69. The molecule has 1 aromatic carbocycles. The van der Waals surface area contributed by atoms with Gasteiger partial charge in [0.2, 0.25) is 0 Å². The average molecular weight is 257 g/mol. The first kappa shape index (κ1) is 13.4. The number of allylic oxidation sites excluding steroid dienone is 1. The lowest BCUT2D eigenvalue weighted by Gasteiger charge is -2.01. The largest absolute Gasteiger partial charge is 0.481 e. The number of aromatic nitrogens is 1. The van der Waals surface area contributed by atoms with Crippen LogP contribution in [-0.2, 0) is 17.8 Å². The normalized spacial score (nSPS) is 10.7. The van der Waals surface area contributed by atoms with Crippen LogP contribution in [0.4, 0.5) is 0 Å². The molecular formula is C16H19NO2. The summed E-state index contributed by atoms with van der Waals surface area (Å²) in [7, 11) is 0. The summed E-state index contributed by atoms with van der Waals surface area (Å²) in [4.78, 5) is 10.6. The van der Waals surface area contributed by atoms with E-state index in [9.17, 15) is 4.79 Å². The van der Waals surface area contributed by atoms with Crippen LogP contribution in [0.5, 0.6) is 0 Å². The summed E-state index contributed by atoms with van der Waals surface area (Å²) in [5, 5.41) is 9.94. The van der Waals surface area contributed by atoms with Gasteiger partial charge in [-0.15, -0.1) is 6.58 Å². The Labute approximate surface area is 113 Å². The number of nitrogens with zero attached hydrogens (tertiary/aromatic N) is 1. The van der Waals surface area contributed by atoms with Gasteiger partial charge in [0.25, 0.3) is 0 Å². The van der Waals surface area contributed by atoms with E-state index < -0.39 is 5.97 Å². The Kier molecular flexibility index (Phi) is 4.39. The van der Waals surface area contributed by atoms with Crippen LogP contribution in [0.2, 0.25) is 0 Å². The van der Waals surface area contributed by atoms with E-state index in [-0.39, 0.29) is 6.42 Å². The summed E-state index contributed by atoms with van der Waals surface area (Å²) < 4.78 is 2.23. The summed E-state index contributed by atoms with van der Waals surface area (Å²) in [5.41, 5.74) is 2.45. The maximum absolute atomic E-state index is 10.6. The van der Waals surface area contributed by atoms with E-state index in [1.165, 1.54) is 16.5 Å². The maximum Gasteiger partial charge on any atom is 0.303 e. The van der Waals surface area contributed by atoms with Crippen molar-refractivity contribution in [2.24, 2.45) is 0 Å². The number of carboxylic acids is 1. The standard InChI is InChI=1S/C16H19NO2/c1-2-3-11-17-12-13(7-6-10-16(18)19)14-8-4-5-9-15(14)17/h2,4-5,8-9,12H,1,3,6-7,10-11H2,(H,18,19). The predicted octanol–water partition coefficient (Wildman–Crippen LogP) is 3.62. The zero-order valence-electron chi connectivity index (χ0n) is 11.0. The fourth-order valence-corrected chi connectivity index (χ4v) is 2.37. The van der Waals surface area contributed by atoms with Crippen LogP contribution < -0.4 is 0 Å². The van der Waals surface area contributed by atoms with Gasteiger partial charge >= 0.3 is 5.97 Å². The van der Waals surface area contributed by atoms with Gasteiger partial charge in [-0.2, -0.15) is 0 Å². The molecule has 1 heterocycles. The Morgan fingerprint density at radius 2 is 2.16 bits per heavy atom. The molecule has 3 nitrogen and oxygen atoms in total. The quantitative estimate of drug-likeness (QED) is 0.770. The highest BCUT2D eigenvalue weighted by Crippen LogP contribution is 2.23. The summed E-state index contributed by atoms with van der Waals surface area (Å²) in [6.07, 6.45) is 6.73. The number of fused-ring (bicyclic) bond motifs is 1. The van der Waals surface area contributed by atoms with Crippen LogP contribution in [0.25, 0.3) is 10.9 Å². The molecule has 0 bridgehead atoms. The van der Waals surface area contributed by atoms with Gasteiger partial charge < -0.3 is 9.67 Å². The van der Waals surface area contributed by atoms with E-state index in [1.54, 1.807) is 0 Å². The third-order valence-corrected chi connectivity index (χ3v) is 3.28. The predicted molar refractivity (Wildman–Crippen MR) is 77.3 cm³/mol. The van der Waals surface area contributed by atoms with Crippen molar-refractivity contribution < 1.29 is 9.90 Å². The smallest absolute Gasteiger partial charge is 0.303 e. The van der Waals surface area contributed by atoms with Crippen molar-refractivity contribution in [2.75, 3.05) is 0 Å². The van der Waals surface area contributed by atoms with Gasteiger partial charge in [0, 0.05) is 30.1 Å². The Hall–Kier alpha value is -2.03. The van der Waals surface area contributed by atoms with Gasteiger partial charge in [-0.05, 0) is 30.9 Å². The van der Waals surface area contributed by atoms with E-state index >= 15 is 0 Å². The van der Waals surface area contributed by atoms with Crippen LogP contribution >= 0.6 is 0 Å². The summed E-state index contributed by atoms with van der Waals surface area (Å²) in [6, 6.07) is 8.28. The van der Waals surface area contributed by atoms with Crippen molar-refractivity contribution in [3.8, 4) is 0 Å². The third kappa shape index (κ3) is 3.25. The first-order valence-electron chi connectivity index (χ1n) is 6.62. The van der Waals surface area contributed by atoms with Gasteiger partial charge in [-0.25, -0.2) is 0 Å². The van der Waals surface area contributed by atoms with Crippen LogP contribution in [0.1, 0.15) is 24.8 Å². The molecule has 0 radical (unpaired) electrons. The number of aliphatic carboxylic acids is 1. The number of para-hydroxylation sites is 1. The number of hydrogen-bond acceptors (Lipinski definition) is 1. The molecule has 0 spiro atoms. The van der Waals surface area contributed by atoms with Gasteiger partial charge in [0.15, 0.2) is 0 Å². The topological polar surface area (TPSA) is 42.2 Å². The zero-order chi connectivity index (χ0) is 13.7. The molecular weight excluding hydrogens is 238 g/mol. The highest BCUT2D eigenvalue weighted by Gasteiger charge is 2.08. The van der Waals surface area contributed by atoms with Crippen LogP contribution in [-0.4, -0.2) is 15.6 Å². The van der Waals surface area contributed by atoms with Gasteiger partial charge in [-0.1, -0.05) is 24.3 Å². The Bertz CT molecular complexity index is 583. The first-order chi connectivity index (χ1) is 9.22. The SMILES string of the molecule is C=CCCn1cc(CCCC(=O)O)c2ccccc21. The highest BCUT2D eigenvalue weighted by molar-refractivity contribution is 5.84. The van der Waals surface area contributed by atoms with Gasteiger partial charge in [-0.3, -0.25) is 4.79 Å². The number of benzene rings is 1. The zero-order valence-corrected chi connectivity index (χ0v) is 11.0. The number of hydrogen-bond donors (Lipinski definition) is 1. The van der Waals surface area contributed by atoms with Crippen molar-refractivity contribution in [1.29, 1.82) is 0 Å². The van der Waals surface area contributed by atoms with Crippen LogP contribution in [0.15, 0.2) is 43.1 Å². The minimum atomic E-state index is -0.726. The van der Waals surface area contributed by atoms with Crippen molar-refractivity contribution in [2.45, 2.75) is 32.2 Å². The summed E-state index contributed by atoms with van der Waals surface area (Å²) in [6.45, 7) is 4.67. The minimum absolute atomic E-state index is 0.228. The van der Waals surface area contributed by atoms with E-state index in [0.29, 0.717) is 6.42 Å². The Balaban J connectivity index is 2.22. The van der Waals surface area contributed by atoms with E-state index in [1.807, 2.05) is 18.2 Å². The molecule has 0 atom stereocenters. The average Bonchev–Trinajstić information content (AvgIpc) is 2.75. The lowest BCUT2D eigenvalue weighted by molar-refractivity contribution is -0.137. The number of carbonyl (C=O) groups is 1. The molecule has 0 aliphatic rings. The lowest BCUT2D eigenvalue weighted by Crippen LogP contribution is -1.96. The third-order valence-electron chi connectivity index (χ3n) is 3.28. The summed E-state index contributed by atoms with van der Waals surface area (Å²) in [5.74, 6) is -0.726. The monoisotopic (exact) mass is 257 g/mol. The summed E-state index contributed by atoms with van der Waals surface area (Å²) >= 11 is 0. The molecule has 0 amide bonds. The molecule has 1 N–H and O–H groups in total. The minimum Gasteiger partial charge on any atom is -0.481 e. The molecule has 3 heteroatoms. The van der Waals surface area contributed by atoms with Crippen molar-refractivity contribution in [3.05, 3.63) is 48.7 Å². The van der Waals surface area contributed by atoms with Gasteiger partial charge in [0.05, 0.1) is 0 Å². The second kappa shape index (κ2) is 6.23. The van der Waals surface area contributed by atoms with E-state index in [2.05, 4.69) is 29.5 Å². The molecule has 100 valence electrons.